The molecule has 0 saturated heterocycles. The summed E-state index contributed by atoms with van der Waals surface area (Å²) >= 11 is 0. The molecule has 0 aliphatic heterocycles. The van der Waals surface area contributed by atoms with E-state index in [2.05, 4.69) is 5.32 Å². The number of ether oxygens (including phenoxy) is 2. The summed E-state index contributed by atoms with van der Waals surface area (Å²) in [5.41, 5.74) is 1.51. The maximum Gasteiger partial charge on any atom is 0.344 e. The average molecular weight is 380 g/mol. The highest BCUT2D eigenvalue weighted by molar-refractivity contribution is 5.84. The minimum Gasteiger partial charge on any atom is -0.482 e. The fourth-order valence-electron chi connectivity index (χ4n) is 2.64. The van der Waals surface area contributed by atoms with Crippen LogP contribution in [0.3, 0.4) is 0 Å². The summed E-state index contributed by atoms with van der Waals surface area (Å²) in [6, 6.07) is 17.9. The topological polar surface area (TPSA) is 88.4 Å². The van der Waals surface area contributed by atoms with Gasteiger partial charge in [-0.15, -0.1) is 0 Å². The number of carbonyl (C=O) groups is 2. The third-order valence-corrected chi connectivity index (χ3v) is 4.11. The third kappa shape index (κ3) is 6.44. The maximum absolute atomic E-state index is 12.4. The van der Waals surface area contributed by atoms with E-state index < -0.39 is 12.1 Å². The molecule has 1 N–H and O–H groups in total. The molecule has 0 radical (unpaired) electrons. The predicted molar refractivity (Wildman–Crippen MR) is 104 cm³/mol. The first-order valence-corrected chi connectivity index (χ1v) is 9.21. The Balaban J connectivity index is 1.84. The summed E-state index contributed by atoms with van der Waals surface area (Å²) in [4.78, 5) is 24.4. The molecule has 0 bridgehead atoms. The molecule has 6 heteroatoms. The lowest BCUT2D eigenvalue weighted by Gasteiger charge is -2.21. The zero-order valence-electron chi connectivity index (χ0n) is 16.1. The molecule has 2 unspecified atom stereocenters. The van der Waals surface area contributed by atoms with Gasteiger partial charge in [0.05, 0.1) is 17.7 Å². The van der Waals surface area contributed by atoms with Crippen molar-refractivity contribution in [3.63, 3.8) is 0 Å². The van der Waals surface area contributed by atoms with Gasteiger partial charge in [0, 0.05) is 0 Å². The van der Waals surface area contributed by atoms with Crippen molar-refractivity contribution in [2.24, 2.45) is 0 Å². The summed E-state index contributed by atoms with van der Waals surface area (Å²) in [7, 11) is 0. The van der Waals surface area contributed by atoms with Crippen LogP contribution < -0.4 is 10.1 Å². The second kappa shape index (κ2) is 10.7. The van der Waals surface area contributed by atoms with Crippen molar-refractivity contribution < 1.29 is 19.1 Å². The highest BCUT2D eigenvalue weighted by atomic mass is 16.6. The van der Waals surface area contributed by atoms with E-state index in [1.54, 1.807) is 24.3 Å². The van der Waals surface area contributed by atoms with Gasteiger partial charge < -0.3 is 14.8 Å². The monoisotopic (exact) mass is 380 g/mol. The van der Waals surface area contributed by atoms with E-state index in [0.717, 1.165) is 18.4 Å². The second-order valence-electron chi connectivity index (χ2n) is 6.32. The smallest absolute Gasteiger partial charge is 0.344 e. The highest BCUT2D eigenvalue weighted by Gasteiger charge is 2.21. The summed E-state index contributed by atoms with van der Waals surface area (Å²) in [6.07, 6.45) is 0.769. The first-order chi connectivity index (χ1) is 13.5. The van der Waals surface area contributed by atoms with Crippen LogP contribution in [-0.4, -0.2) is 24.6 Å². The Labute approximate surface area is 165 Å². The van der Waals surface area contributed by atoms with Crippen LogP contribution in [0.15, 0.2) is 54.6 Å². The molecule has 0 heterocycles. The van der Waals surface area contributed by atoms with Crippen LogP contribution in [0.2, 0.25) is 0 Å². The number of carbonyl (C=O) groups excluding carboxylic acids is 2. The molecular weight excluding hydrogens is 356 g/mol. The molecule has 0 aliphatic rings. The molecule has 1 amide bonds. The summed E-state index contributed by atoms with van der Waals surface area (Å²) < 4.78 is 10.5. The van der Waals surface area contributed by atoms with Crippen LogP contribution in [0, 0.1) is 11.3 Å². The molecule has 28 heavy (non-hydrogen) atoms. The fourth-order valence-corrected chi connectivity index (χ4v) is 2.64. The van der Waals surface area contributed by atoms with Gasteiger partial charge >= 0.3 is 5.97 Å². The summed E-state index contributed by atoms with van der Waals surface area (Å²) in [5.74, 6) is -0.548. The van der Waals surface area contributed by atoms with Gasteiger partial charge in [0.1, 0.15) is 5.75 Å². The van der Waals surface area contributed by atoms with Gasteiger partial charge in [-0.1, -0.05) is 43.7 Å². The zero-order valence-corrected chi connectivity index (χ0v) is 16.1. The van der Waals surface area contributed by atoms with Gasteiger partial charge in [0.15, 0.2) is 12.7 Å². The van der Waals surface area contributed by atoms with Crippen molar-refractivity contribution in [3.8, 4) is 11.8 Å². The Morgan fingerprint density at radius 1 is 1.11 bits per heavy atom. The first-order valence-electron chi connectivity index (χ1n) is 9.21. The van der Waals surface area contributed by atoms with E-state index in [-0.39, 0.29) is 18.6 Å². The van der Waals surface area contributed by atoms with E-state index in [1.807, 2.05) is 43.3 Å². The molecule has 0 saturated carbocycles. The molecule has 6 nitrogen and oxygen atoms in total. The quantitative estimate of drug-likeness (QED) is 0.673. The fraction of sp³-hybridized carbons (Fsp3) is 0.318. The normalized spacial score (nSPS) is 12.3. The Bertz CT molecular complexity index is 813. The lowest BCUT2D eigenvalue weighted by molar-refractivity contribution is -0.156. The number of esters is 1. The van der Waals surface area contributed by atoms with Crippen molar-refractivity contribution >= 4 is 11.9 Å². The van der Waals surface area contributed by atoms with Crippen LogP contribution in [0.5, 0.6) is 5.75 Å². The van der Waals surface area contributed by atoms with E-state index in [9.17, 15) is 9.59 Å². The van der Waals surface area contributed by atoms with Crippen molar-refractivity contribution in [2.45, 2.75) is 38.8 Å². The highest BCUT2D eigenvalue weighted by Crippen LogP contribution is 2.18. The van der Waals surface area contributed by atoms with Crippen molar-refractivity contribution in [1.29, 1.82) is 5.26 Å². The van der Waals surface area contributed by atoms with Crippen LogP contribution in [0.25, 0.3) is 0 Å². The van der Waals surface area contributed by atoms with Crippen molar-refractivity contribution in [1.82, 2.24) is 5.32 Å². The van der Waals surface area contributed by atoms with Gasteiger partial charge in [0.25, 0.3) is 5.91 Å². The standard InChI is InChI=1S/C22H24N2O4/c1-3-7-20(18-8-5-4-6-9-18)24-22(26)16(2)28-21(25)15-27-19-12-10-17(14-23)11-13-19/h4-6,8-13,16,20H,3,7,15H2,1-2H3,(H,24,26). The number of nitrogens with zero attached hydrogens (tertiary/aromatic N) is 1. The third-order valence-electron chi connectivity index (χ3n) is 4.11. The predicted octanol–water partition coefficient (Wildman–Crippen LogP) is 3.53. The Morgan fingerprint density at radius 3 is 2.39 bits per heavy atom. The second-order valence-corrected chi connectivity index (χ2v) is 6.32. The molecule has 0 fully saturated rings. The largest absolute Gasteiger partial charge is 0.482 e. The SMILES string of the molecule is CCCC(NC(=O)C(C)OC(=O)COc1ccc(C#N)cc1)c1ccccc1. The van der Waals surface area contributed by atoms with Crippen LogP contribution >= 0.6 is 0 Å². The van der Waals surface area contributed by atoms with Crippen LogP contribution in [-0.2, 0) is 14.3 Å². The molecule has 2 atom stereocenters. The molecule has 2 rings (SSSR count). The van der Waals surface area contributed by atoms with E-state index >= 15 is 0 Å². The molecule has 0 spiro atoms. The lowest BCUT2D eigenvalue weighted by atomic mass is 10.0. The number of hydrogen-bond acceptors (Lipinski definition) is 5. The van der Waals surface area contributed by atoms with Gasteiger partial charge in [-0.3, -0.25) is 4.79 Å². The van der Waals surface area contributed by atoms with Gasteiger partial charge in [-0.05, 0) is 43.2 Å². The zero-order chi connectivity index (χ0) is 20.4. The average Bonchev–Trinajstić information content (AvgIpc) is 2.72. The van der Waals surface area contributed by atoms with Crippen LogP contribution in [0.4, 0.5) is 0 Å². The number of amides is 1. The van der Waals surface area contributed by atoms with Crippen molar-refractivity contribution in [2.75, 3.05) is 6.61 Å². The van der Waals surface area contributed by atoms with Gasteiger partial charge in [-0.2, -0.15) is 5.26 Å². The molecule has 0 aliphatic carbocycles. The maximum atomic E-state index is 12.4. The summed E-state index contributed by atoms with van der Waals surface area (Å²) in [6.45, 7) is 3.26. The van der Waals surface area contributed by atoms with Crippen LogP contribution in [0.1, 0.15) is 43.9 Å². The number of benzene rings is 2. The molecule has 146 valence electrons. The number of hydrogen-bond donors (Lipinski definition) is 1. The molecule has 2 aromatic rings. The Kier molecular flexibility index (Phi) is 8.04. The van der Waals surface area contributed by atoms with E-state index in [1.165, 1.54) is 6.92 Å². The van der Waals surface area contributed by atoms with E-state index in [0.29, 0.717) is 11.3 Å². The van der Waals surface area contributed by atoms with Crippen molar-refractivity contribution in [3.05, 3.63) is 65.7 Å². The summed E-state index contributed by atoms with van der Waals surface area (Å²) in [5, 5.41) is 11.7. The molecule has 0 aromatic heterocycles. The molecular formula is C22H24N2O4. The first kappa shape index (κ1) is 21.0. The molecule has 2 aromatic carbocycles. The number of nitrogens with one attached hydrogen (secondary N) is 1. The Hall–Kier alpha value is -3.33. The van der Waals surface area contributed by atoms with E-state index in [4.69, 9.17) is 14.7 Å². The van der Waals surface area contributed by atoms with Gasteiger partial charge in [0.2, 0.25) is 0 Å². The number of rotatable bonds is 9. The van der Waals surface area contributed by atoms with Gasteiger partial charge in [-0.25, -0.2) is 4.79 Å². The minimum atomic E-state index is -0.930. The number of nitriles is 1. The lowest BCUT2D eigenvalue weighted by Crippen LogP contribution is -2.38. The minimum absolute atomic E-state index is 0.130. The Morgan fingerprint density at radius 2 is 1.79 bits per heavy atom.